The van der Waals surface area contributed by atoms with Gasteiger partial charge in [0.25, 0.3) is 0 Å². The third kappa shape index (κ3) is 3.15. The van der Waals surface area contributed by atoms with Crippen LogP contribution in [0.4, 0.5) is 11.5 Å². The van der Waals surface area contributed by atoms with E-state index >= 15 is 0 Å². The number of aryl methyl sites for hydroxylation is 2. The Morgan fingerprint density at radius 2 is 1.78 bits per heavy atom. The van der Waals surface area contributed by atoms with Gasteiger partial charge < -0.3 is 5.32 Å². The molecule has 23 heavy (non-hydrogen) atoms. The number of rotatable bonds is 3. The van der Waals surface area contributed by atoms with Gasteiger partial charge in [-0.2, -0.15) is 0 Å². The molecule has 0 saturated carbocycles. The fraction of sp³-hybridized carbons (Fsp3) is 0.263. The molecule has 0 atom stereocenters. The molecule has 4 heteroatoms. The molecule has 1 N–H and O–H groups in total. The maximum Gasteiger partial charge on any atom is 0.141 e. The monoisotopic (exact) mass is 325 g/mol. The fourth-order valence-corrected chi connectivity index (χ4v) is 2.93. The minimum absolute atomic E-state index is 0.460. The van der Waals surface area contributed by atoms with Crippen molar-refractivity contribution in [3.05, 3.63) is 58.4 Å². The number of halogens is 1. The molecule has 0 saturated heterocycles. The van der Waals surface area contributed by atoms with Crippen molar-refractivity contribution in [2.24, 2.45) is 0 Å². The van der Waals surface area contributed by atoms with Crippen molar-refractivity contribution >= 4 is 34.0 Å². The Morgan fingerprint density at radius 1 is 1.00 bits per heavy atom. The van der Waals surface area contributed by atoms with Crippen molar-refractivity contribution in [1.29, 1.82) is 0 Å². The smallest absolute Gasteiger partial charge is 0.141 e. The van der Waals surface area contributed by atoms with Gasteiger partial charge in [0.15, 0.2) is 0 Å². The average molecular weight is 326 g/mol. The van der Waals surface area contributed by atoms with Crippen molar-refractivity contribution in [3.63, 3.8) is 0 Å². The molecule has 2 aromatic carbocycles. The molecule has 0 aliphatic rings. The van der Waals surface area contributed by atoms with Crippen LogP contribution in [-0.2, 0) is 0 Å². The number of aromatic nitrogens is 2. The normalized spacial score (nSPS) is 11.2. The van der Waals surface area contributed by atoms with Gasteiger partial charge in [0.2, 0.25) is 0 Å². The lowest BCUT2D eigenvalue weighted by Crippen LogP contribution is -1.99. The summed E-state index contributed by atoms with van der Waals surface area (Å²) in [5.41, 5.74) is 5.50. The van der Waals surface area contributed by atoms with Gasteiger partial charge in [-0.3, -0.25) is 0 Å². The SMILES string of the molecule is Cc1ccc(Nc2ncnc3cc(C)c(C(C)C)cc23)cc1Cl. The predicted octanol–water partition coefficient (Wildman–Crippen LogP) is 5.77. The minimum atomic E-state index is 0.460. The topological polar surface area (TPSA) is 37.8 Å². The van der Waals surface area contributed by atoms with E-state index in [2.05, 4.69) is 48.2 Å². The summed E-state index contributed by atoms with van der Waals surface area (Å²) in [5, 5.41) is 5.13. The molecule has 0 radical (unpaired) electrons. The summed E-state index contributed by atoms with van der Waals surface area (Å²) in [5.74, 6) is 1.26. The molecular weight excluding hydrogens is 306 g/mol. The van der Waals surface area contributed by atoms with Crippen molar-refractivity contribution in [2.45, 2.75) is 33.6 Å². The number of nitrogens with zero attached hydrogens (tertiary/aromatic N) is 2. The van der Waals surface area contributed by atoms with Crippen molar-refractivity contribution in [2.75, 3.05) is 5.32 Å². The molecular formula is C19H20ClN3. The molecule has 3 aromatic rings. The summed E-state index contributed by atoms with van der Waals surface area (Å²) in [6.07, 6.45) is 1.59. The van der Waals surface area contributed by atoms with Crippen LogP contribution in [0.3, 0.4) is 0 Å². The zero-order valence-electron chi connectivity index (χ0n) is 13.8. The quantitative estimate of drug-likeness (QED) is 0.664. The van der Waals surface area contributed by atoms with Crippen molar-refractivity contribution in [1.82, 2.24) is 9.97 Å². The first-order valence-corrected chi connectivity index (χ1v) is 8.12. The minimum Gasteiger partial charge on any atom is -0.340 e. The van der Waals surface area contributed by atoms with Crippen LogP contribution in [0.25, 0.3) is 10.9 Å². The number of anilines is 2. The van der Waals surface area contributed by atoms with Gasteiger partial charge in [-0.15, -0.1) is 0 Å². The van der Waals surface area contributed by atoms with Crippen LogP contribution >= 0.6 is 11.6 Å². The lowest BCUT2D eigenvalue weighted by atomic mass is 9.96. The molecule has 0 spiro atoms. The Kier molecular flexibility index (Phi) is 4.22. The molecule has 0 fully saturated rings. The molecule has 0 unspecified atom stereocenters. The number of hydrogen-bond donors (Lipinski definition) is 1. The largest absolute Gasteiger partial charge is 0.340 e. The summed E-state index contributed by atoms with van der Waals surface area (Å²) in [6, 6.07) is 10.2. The van der Waals surface area contributed by atoms with Crippen LogP contribution < -0.4 is 5.32 Å². The lowest BCUT2D eigenvalue weighted by molar-refractivity contribution is 0.858. The number of nitrogens with one attached hydrogen (secondary N) is 1. The van der Waals surface area contributed by atoms with Gasteiger partial charge in [-0.25, -0.2) is 9.97 Å². The molecule has 118 valence electrons. The second-order valence-electron chi connectivity index (χ2n) is 6.19. The third-order valence-electron chi connectivity index (χ3n) is 4.08. The van der Waals surface area contributed by atoms with Gasteiger partial charge in [0.05, 0.1) is 5.52 Å². The van der Waals surface area contributed by atoms with Gasteiger partial charge in [0, 0.05) is 16.1 Å². The van der Waals surface area contributed by atoms with Crippen LogP contribution in [0, 0.1) is 13.8 Å². The van der Waals surface area contributed by atoms with E-state index in [4.69, 9.17) is 11.6 Å². The Bertz CT molecular complexity index is 872. The Morgan fingerprint density at radius 3 is 2.48 bits per heavy atom. The van der Waals surface area contributed by atoms with E-state index in [1.54, 1.807) is 6.33 Å². The highest BCUT2D eigenvalue weighted by Gasteiger charge is 2.10. The van der Waals surface area contributed by atoms with Gasteiger partial charge in [-0.05, 0) is 60.7 Å². The highest BCUT2D eigenvalue weighted by Crippen LogP contribution is 2.30. The maximum absolute atomic E-state index is 6.21. The highest BCUT2D eigenvalue weighted by atomic mass is 35.5. The molecule has 3 rings (SSSR count). The van der Waals surface area contributed by atoms with Gasteiger partial charge in [-0.1, -0.05) is 31.5 Å². The van der Waals surface area contributed by atoms with Crippen molar-refractivity contribution in [3.8, 4) is 0 Å². The number of hydrogen-bond acceptors (Lipinski definition) is 3. The zero-order valence-corrected chi connectivity index (χ0v) is 14.6. The van der Waals surface area contributed by atoms with E-state index in [0.29, 0.717) is 5.92 Å². The standard InChI is InChI=1S/C19H20ClN3/c1-11(2)15-9-16-18(7-13(15)4)21-10-22-19(16)23-14-6-5-12(3)17(20)8-14/h5-11H,1-4H3,(H,21,22,23). The van der Waals surface area contributed by atoms with E-state index in [-0.39, 0.29) is 0 Å². The van der Waals surface area contributed by atoms with Crippen LogP contribution in [0.1, 0.15) is 36.5 Å². The van der Waals surface area contributed by atoms with Crippen LogP contribution in [-0.4, -0.2) is 9.97 Å². The molecule has 0 aliphatic heterocycles. The first-order chi connectivity index (χ1) is 11.0. The predicted molar refractivity (Wildman–Crippen MR) is 97.8 cm³/mol. The average Bonchev–Trinajstić information content (AvgIpc) is 2.50. The molecule has 0 bridgehead atoms. The third-order valence-corrected chi connectivity index (χ3v) is 4.49. The van der Waals surface area contributed by atoms with Crippen LogP contribution in [0.2, 0.25) is 5.02 Å². The van der Waals surface area contributed by atoms with Crippen LogP contribution in [0.15, 0.2) is 36.7 Å². The summed E-state index contributed by atoms with van der Waals surface area (Å²) in [6.45, 7) is 8.52. The lowest BCUT2D eigenvalue weighted by Gasteiger charge is -2.14. The second-order valence-corrected chi connectivity index (χ2v) is 6.60. The Hall–Kier alpha value is -2.13. The molecule has 1 heterocycles. The summed E-state index contributed by atoms with van der Waals surface area (Å²) in [7, 11) is 0. The van der Waals surface area contributed by atoms with Crippen molar-refractivity contribution < 1.29 is 0 Å². The second kappa shape index (κ2) is 6.17. The fourth-order valence-electron chi connectivity index (χ4n) is 2.75. The van der Waals surface area contributed by atoms with E-state index in [1.807, 2.05) is 25.1 Å². The zero-order chi connectivity index (χ0) is 16.6. The van der Waals surface area contributed by atoms with E-state index < -0.39 is 0 Å². The van der Waals surface area contributed by atoms with E-state index in [9.17, 15) is 0 Å². The molecule has 3 nitrogen and oxygen atoms in total. The molecule has 1 aromatic heterocycles. The number of benzene rings is 2. The van der Waals surface area contributed by atoms with Gasteiger partial charge in [0.1, 0.15) is 12.1 Å². The molecule has 0 amide bonds. The summed E-state index contributed by atoms with van der Waals surface area (Å²) in [4.78, 5) is 8.82. The first kappa shape index (κ1) is 15.8. The maximum atomic E-state index is 6.21. The highest BCUT2D eigenvalue weighted by molar-refractivity contribution is 6.31. The van der Waals surface area contributed by atoms with E-state index in [0.717, 1.165) is 33.0 Å². The summed E-state index contributed by atoms with van der Waals surface area (Å²) >= 11 is 6.21. The Labute approximate surface area is 141 Å². The number of fused-ring (bicyclic) bond motifs is 1. The first-order valence-electron chi connectivity index (χ1n) is 7.74. The molecule has 0 aliphatic carbocycles. The van der Waals surface area contributed by atoms with Gasteiger partial charge >= 0.3 is 0 Å². The summed E-state index contributed by atoms with van der Waals surface area (Å²) < 4.78 is 0. The Balaban J connectivity index is 2.09. The van der Waals surface area contributed by atoms with Crippen LogP contribution in [0.5, 0.6) is 0 Å². The van der Waals surface area contributed by atoms with E-state index in [1.165, 1.54) is 11.1 Å².